The summed E-state index contributed by atoms with van der Waals surface area (Å²) >= 11 is 0. The van der Waals surface area contributed by atoms with Crippen LogP contribution in [0.1, 0.15) is 49.3 Å². The van der Waals surface area contributed by atoms with Crippen LogP contribution in [0, 0.1) is 0 Å². The summed E-state index contributed by atoms with van der Waals surface area (Å²) in [6.45, 7) is 9.56. The molecule has 0 aromatic heterocycles. The van der Waals surface area contributed by atoms with Gasteiger partial charge in [0.15, 0.2) is 0 Å². The van der Waals surface area contributed by atoms with Crippen molar-refractivity contribution in [3.63, 3.8) is 0 Å². The number of nitrogens with one attached hydrogen (secondary N) is 1. The molecule has 1 aromatic carbocycles. The third kappa shape index (κ3) is 1.62. The van der Waals surface area contributed by atoms with E-state index in [9.17, 15) is 0 Å². The molecule has 2 aliphatic rings. The zero-order valence-electron chi connectivity index (χ0n) is 10.9. The van der Waals surface area contributed by atoms with E-state index in [2.05, 4.69) is 44.3 Å². The molecule has 0 saturated carbocycles. The Morgan fingerprint density at radius 1 is 1.41 bits per heavy atom. The molecular formula is C15H21NO. The molecule has 2 aliphatic heterocycles. The highest BCUT2D eigenvalue weighted by molar-refractivity contribution is 5.42. The van der Waals surface area contributed by atoms with Gasteiger partial charge in [-0.2, -0.15) is 0 Å². The van der Waals surface area contributed by atoms with Crippen LogP contribution in [-0.2, 0) is 11.3 Å². The molecule has 1 aromatic rings. The first-order valence-electron chi connectivity index (χ1n) is 6.58. The average Bonchev–Trinajstić information content (AvgIpc) is 2.70. The Bertz CT molecular complexity index is 441. The molecule has 0 unspecified atom stereocenters. The van der Waals surface area contributed by atoms with E-state index in [0.29, 0.717) is 11.8 Å². The first kappa shape index (κ1) is 11.2. The molecule has 0 radical (unpaired) electrons. The number of hydrogen-bond donors (Lipinski definition) is 1. The predicted molar refractivity (Wildman–Crippen MR) is 69.3 cm³/mol. The molecule has 92 valence electrons. The molecule has 17 heavy (non-hydrogen) atoms. The van der Waals surface area contributed by atoms with Gasteiger partial charge in [0.2, 0.25) is 0 Å². The minimum absolute atomic E-state index is 0.00258. The van der Waals surface area contributed by atoms with E-state index >= 15 is 0 Å². The second-order valence-corrected chi connectivity index (χ2v) is 5.85. The fourth-order valence-corrected chi connectivity index (χ4v) is 3.29. The van der Waals surface area contributed by atoms with Crippen molar-refractivity contribution in [3.8, 4) is 0 Å². The highest BCUT2D eigenvalue weighted by Crippen LogP contribution is 2.43. The Hall–Kier alpha value is -0.860. The normalized spacial score (nSPS) is 31.4. The van der Waals surface area contributed by atoms with Crippen molar-refractivity contribution in [1.29, 1.82) is 0 Å². The minimum Gasteiger partial charge on any atom is -0.369 e. The van der Waals surface area contributed by atoms with Crippen LogP contribution < -0.4 is 5.32 Å². The van der Waals surface area contributed by atoms with Gasteiger partial charge >= 0.3 is 0 Å². The molecule has 2 heteroatoms. The van der Waals surface area contributed by atoms with E-state index in [-0.39, 0.29) is 5.60 Å². The van der Waals surface area contributed by atoms with Gasteiger partial charge < -0.3 is 10.1 Å². The van der Waals surface area contributed by atoms with Crippen LogP contribution in [0.5, 0.6) is 0 Å². The fraction of sp³-hybridized carbons (Fsp3) is 0.600. The molecule has 1 N–H and O–H groups in total. The summed E-state index contributed by atoms with van der Waals surface area (Å²) in [6.07, 6.45) is 0. The van der Waals surface area contributed by atoms with Crippen LogP contribution in [0.4, 0.5) is 0 Å². The van der Waals surface area contributed by atoms with Gasteiger partial charge in [-0.1, -0.05) is 32.0 Å². The molecule has 2 atom stereocenters. The van der Waals surface area contributed by atoms with Gasteiger partial charge in [-0.15, -0.1) is 0 Å². The Morgan fingerprint density at radius 3 is 3.00 bits per heavy atom. The second kappa shape index (κ2) is 3.82. The maximum atomic E-state index is 6.14. The molecule has 0 spiro atoms. The van der Waals surface area contributed by atoms with Crippen molar-refractivity contribution in [1.82, 2.24) is 5.32 Å². The minimum atomic E-state index is 0.00258. The van der Waals surface area contributed by atoms with Crippen LogP contribution >= 0.6 is 0 Å². The highest BCUT2D eigenvalue weighted by Gasteiger charge is 2.44. The zero-order chi connectivity index (χ0) is 12.0. The molecule has 2 nitrogen and oxygen atoms in total. The smallest absolute Gasteiger partial charge is 0.0863 e. The van der Waals surface area contributed by atoms with Gasteiger partial charge in [-0.05, 0) is 29.5 Å². The lowest BCUT2D eigenvalue weighted by molar-refractivity contribution is -0.0522. The lowest BCUT2D eigenvalue weighted by Crippen LogP contribution is -2.40. The second-order valence-electron chi connectivity index (χ2n) is 5.85. The molecule has 0 bridgehead atoms. The quantitative estimate of drug-likeness (QED) is 0.802. The average molecular weight is 231 g/mol. The zero-order valence-corrected chi connectivity index (χ0v) is 10.9. The summed E-state index contributed by atoms with van der Waals surface area (Å²) in [6, 6.07) is 6.75. The Morgan fingerprint density at radius 2 is 2.24 bits per heavy atom. The maximum absolute atomic E-state index is 6.14. The van der Waals surface area contributed by atoms with E-state index < -0.39 is 0 Å². The van der Waals surface area contributed by atoms with Crippen LogP contribution in [0.15, 0.2) is 18.2 Å². The summed E-state index contributed by atoms with van der Waals surface area (Å²) < 4.78 is 6.14. The lowest BCUT2D eigenvalue weighted by atomic mass is 9.79. The van der Waals surface area contributed by atoms with Crippen LogP contribution in [0.3, 0.4) is 0 Å². The van der Waals surface area contributed by atoms with Crippen molar-refractivity contribution >= 4 is 0 Å². The van der Waals surface area contributed by atoms with E-state index in [1.54, 1.807) is 0 Å². The highest BCUT2D eigenvalue weighted by atomic mass is 16.5. The van der Waals surface area contributed by atoms with Gasteiger partial charge in [0.05, 0.1) is 12.2 Å². The molecular weight excluding hydrogens is 210 g/mol. The SMILES string of the molecule is CC(C)c1cccc2c1CO[C@]1(C)CNC[C@H]21. The van der Waals surface area contributed by atoms with Crippen LogP contribution in [-0.4, -0.2) is 18.7 Å². The van der Waals surface area contributed by atoms with Crippen molar-refractivity contribution in [2.24, 2.45) is 0 Å². The van der Waals surface area contributed by atoms with Gasteiger partial charge in [0.25, 0.3) is 0 Å². The van der Waals surface area contributed by atoms with Crippen LogP contribution in [0.2, 0.25) is 0 Å². The standard InChI is InChI=1S/C15H21NO/c1-10(2)11-5-4-6-12-13(11)8-17-15(3)9-16-7-14(12)15/h4-6,10,14,16H,7-9H2,1-3H3/t14-,15-/m1/s1. The molecule has 2 heterocycles. The molecule has 1 fully saturated rings. The summed E-state index contributed by atoms with van der Waals surface area (Å²) in [7, 11) is 0. The Balaban J connectivity index is 2.10. The first-order chi connectivity index (χ1) is 8.12. The molecule has 1 saturated heterocycles. The molecule has 3 rings (SSSR count). The summed E-state index contributed by atoms with van der Waals surface area (Å²) in [5, 5.41) is 3.47. The molecule has 0 amide bonds. The number of ether oxygens (including phenoxy) is 1. The van der Waals surface area contributed by atoms with Crippen molar-refractivity contribution < 1.29 is 4.74 Å². The lowest BCUT2D eigenvalue weighted by Gasteiger charge is -2.38. The fourth-order valence-electron chi connectivity index (χ4n) is 3.29. The first-order valence-corrected chi connectivity index (χ1v) is 6.58. The maximum Gasteiger partial charge on any atom is 0.0863 e. The number of benzene rings is 1. The third-order valence-electron chi connectivity index (χ3n) is 4.35. The summed E-state index contributed by atoms with van der Waals surface area (Å²) in [5.74, 6) is 1.09. The largest absolute Gasteiger partial charge is 0.369 e. The van der Waals surface area contributed by atoms with Crippen molar-refractivity contribution in [2.45, 2.75) is 44.8 Å². The Labute approximate surface area is 103 Å². The Kier molecular flexibility index (Phi) is 2.53. The number of fused-ring (bicyclic) bond motifs is 3. The number of rotatable bonds is 1. The summed E-state index contributed by atoms with van der Waals surface area (Å²) in [5.41, 5.74) is 4.41. The third-order valence-corrected chi connectivity index (χ3v) is 4.35. The van der Waals surface area contributed by atoms with Crippen molar-refractivity contribution in [3.05, 3.63) is 34.9 Å². The van der Waals surface area contributed by atoms with E-state index in [1.807, 2.05) is 0 Å². The van der Waals surface area contributed by atoms with Crippen molar-refractivity contribution in [2.75, 3.05) is 13.1 Å². The number of hydrogen-bond acceptors (Lipinski definition) is 2. The van der Waals surface area contributed by atoms with Crippen LogP contribution in [0.25, 0.3) is 0 Å². The van der Waals surface area contributed by atoms with E-state index in [4.69, 9.17) is 4.74 Å². The van der Waals surface area contributed by atoms with E-state index in [0.717, 1.165) is 19.7 Å². The van der Waals surface area contributed by atoms with Gasteiger partial charge in [0, 0.05) is 19.0 Å². The topological polar surface area (TPSA) is 21.3 Å². The predicted octanol–water partition coefficient (Wildman–Crippen LogP) is 2.79. The monoisotopic (exact) mass is 231 g/mol. The van der Waals surface area contributed by atoms with Gasteiger partial charge in [0.1, 0.15) is 0 Å². The molecule has 0 aliphatic carbocycles. The van der Waals surface area contributed by atoms with E-state index in [1.165, 1.54) is 16.7 Å². The summed E-state index contributed by atoms with van der Waals surface area (Å²) in [4.78, 5) is 0. The van der Waals surface area contributed by atoms with Gasteiger partial charge in [-0.3, -0.25) is 0 Å². The van der Waals surface area contributed by atoms with Gasteiger partial charge in [-0.25, -0.2) is 0 Å².